The smallest absolute Gasteiger partial charge is 0.253 e. The maximum atomic E-state index is 11.1. The number of rotatable bonds is 4. The highest BCUT2D eigenvalue weighted by atomic mass is 16.1. The summed E-state index contributed by atoms with van der Waals surface area (Å²) in [5.74, 6) is 2.45. The van der Waals surface area contributed by atoms with E-state index in [1.54, 1.807) is 0 Å². The summed E-state index contributed by atoms with van der Waals surface area (Å²) in [6.45, 7) is 1.79. The van der Waals surface area contributed by atoms with Crippen LogP contribution in [0.5, 0.6) is 0 Å². The van der Waals surface area contributed by atoms with Gasteiger partial charge in [-0.3, -0.25) is 9.36 Å². The van der Waals surface area contributed by atoms with Crippen molar-refractivity contribution in [2.75, 3.05) is 13.1 Å². The molecule has 68 valence electrons. The monoisotopic (exact) mass is 177 g/mol. The highest BCUT2D eigenvalue weighted by Crippen LogP contribution is 1.75. The average molecular weight is 177 g/mol. The van der Waals surface area contributed by atoms with Gasteiger partial charge in [0.25, 0.3) is 5.56 Å². The third-order valence-corrected chi connectivity index (χ3v) is 1.55. The van der Waals surface area contributed by atoms with Crippen molar-refractivity contribution in [1.29, 1.82) is 0 Å². The van der Waals surface area contributed by atoms with Crippen molar-refractivity contribution >= 4 is 0 Å². The first-order chi connectivity index (χ1) is 6.34. The molecule has 4 nitrogen and oxygen atoms in total. The summed E-state index contributed by atoms with van der Waals surface area (Å²) >= 11 is 0. The molecule has 0 radical (unpaired) electrons. The van der Waals surface area contributed by atoms with Gasteiger partial charge in [0, 0.05) is 25.4 Å². The van der Waals surface area contributed by atoms with Crippen LogP contribution in [0, 0.1) is 12.3 Å². The van der Waals surface area contributed by atoms with Gasteiger partial charge in [0.15, 0.2) is 0 Å². The van der Waals surface area contributed by atoms with E-state index in [0.717, 1.165) is 0 Å². The van der Waals surface area contributed by atoms with Crippen molar-refractivity contribution in [2.24, 2.45) is 0 Å². The predicted octanol–water partition coefficient (Wildman–Crippen LogP) is -0.534. The Labute approximate surface area is 76.6 Å². The average Bonchev–Trinajstić information content (AvgIpc) is 2.15. The quantitative estimate of drug-likeness (QED) is 0.496. The minimum atomic E-state index is -0.0440. The lowest BCUT2D eigenvalue weighted by Crippen LogP contribution is -2.26. The van der Waals surface area contributed by atoms with Gasteiger partial charge in [0.2, 0.25) is 0 Å². The first-order valence-corrected chi connectivity index (χ1v) is 3.99. The second-order valence-electron chi connectivity index (χ2n) is 2.49. The molecule has 4 heteroatoms. The van der Waals surface area contributed by atoms with E-state index in [4.69, 9.17) is 6.42 Å². The normalized spacial score (nSPS) is 9.46. The summed E-state index contributed by atoms with van der Waals surface area (Å²) in [7, 11) is 0. The van der Waals surface area contributed by atoms with Crippen LogP contribution in [0.2, 0.25) is 0 Å². The molecule has 0 saturated heterocycles. The Morgan fingerprint density at radius 2 is 2.54 bits per heavy atom. The lowest BCUT2D eigenvalue weighted by molar-refractivity contribution is 0.603. The fourth-order valence-corrected chi connectivity index (χ4v) is 0.906. The number of hydrogen-bond acceptors (Lipinski definition) is 3. The van der Waals surface area contributed by atoms with Crippen molar-refractivity contribution in [3.8, 4) is 12.3 Å². The molecule has 0 aromatic carbocycles. The van der Waals surface area contributed by atoms with Gasteiger partial charge in [0.1, 0.15) is 0 Å². The zero-order valence-electron chi connectivity index (χ0n) is 7.23. The van der Waals surface area contributed by atoms with Crippen molar-refractivity contribution in [1.82, 2.24) is 14.9 Å². The first kappa shape index (κ1) is 9.49. The van der Waals surface area contributed by atoms with E-state index in [0.29, 0.717) is 19.6 Å². The van der Waals surface area contributed by atoms with Gasteiger partial charge in [0.05, 0.1) is 12.9 Å². The number of nitrogens with zero attached hydrogens (tertiary/aromatic N) is 2. The standard InChI is InChI=1S/C9H11N3O/c1-2-4-10-6-7-12-8-11-5-3-9(12)13/h1,3,5,8,10H,4,6-7H2. The molecule has 0 fully saturated rings. The topological polar surface area (TPSA) is 46.9 Å². The van der Waals surface area contributed by atoms with Crippen molar-refractivity contribution in [3.63, 3.8) is 0 Å². The molecule has 0 aliphatic carbocycles. The van der Waals surface area contributed by atoms with Gasteiger partial charge in [-0.2, -0.15) is 0 Å². The highest BCUT2D eigenvalue weighted by Gasteiger charge is 1.92. The van der Waals surface area contributed by atoms with Gasteiger partial charge in [-0.15, -0.1) is 6.42 Å². The van der Waals surface area contributed by atoms with Crippen LogP contribution in [0.15, 0.2) is 23.4 Å². The van der Waals surface area contributed by atoms with Crippen molar-refractivity contribution in [3.05, 3.63) is 28.9 Å². The zero-order chi connectivity index (χ0) is 9.52. The Morgan fingerprint density at radius 1 is 1.69 bits per heavy atom. The Hall–Kier alpha value is -1.60. The van der Waals surface area contributed by atoms with Gasteiger partial charge in [-0.05, 0) is 0 Å². The molecule has 0 saturated carbocycles. The van der Waals surface area contributed by atoms with Crippen molar-refractivity contribution < 1.29 is 0 Å². The summed E-state index contributed by atoms with van der Waals surface area (Å²) < 4.78 is 1.53. The molecule has 0 bridgehead atoms. The third-order valence-electron chi connectivity index (χ3n) is 1.55. The fourth-order valence-electron chi connectivity index (χ4n) is 0.906. The molecule has 0 aliphatic heterocycles. The molecule has 1 aromatic rings. The number of hydrogen-bond donors (Lipinski definition) is 1. The number of nitrogens with one attached hydrogen (secondary N) is 1. The SMILES string of the molecule is C#CCNCCn1cnccc1=O. The van der Waals surface area contributed by atoms with E-state index in [1.165, 1.54) is 23.2 Å². The van der Waals surface area contributed by atoms with E-state index in [-0.39, 0.29) is 5.56 Å². The molecule has 1 heterocycles. The van der Waals surface area contributed by atoms with Crippen LogP contribution in [0.4, 0.5) is 0 Å². The molecular formula is C9H11N3O. The second-order valence-corrected chi connectivity index (χ2v) is 2.49. The minimum Gasteiger partial charge on any atom is -0.304 e. The predicted molar refractivity (Wildman–Crippen MR) is 50.2 cm³/mol. The van der Waals surface area contributed by atoms with Crippen LogP contribution in [0.25, 0.3) is 0 Å². The summed E-state index contributed by atoms with van der Waals surface area (Å²) in [4.78, 5) is 15.0. The fraction of sp³-hybridized carbons (Fsp3) is 0.333. The molecule has 1 aromatic heterocycles. The van der Waals surface area contributed by atoms with Crippen LogP contribution in [-0.4, -0.2) is 22.6 Å². The maximum absolute atomic E-state index is 11.1. The molecule has 13 heavy (non-hydrogen) atoms. The van der Waals surface area contributed by atoms with E-state index in [9.17, 15) is 4.79 Å². The van der Waals surface area contributed by atoms with Crippen LogP contribution in [0.3, 0.4) is 0 Å². The molecule has 1 rings (SSSR count). The van der Waals surface area contributed by atoms with Crippen LogP contribution < -0.4 is 10.9 Å². The van der Waals surface area contributed by atoms with Crippen molar-refractivity contribution in [2.45, 2.75) is 6.54 Å². The van der Waals surface area contributed by atoms with E-state index in [2.05, 4.69) is 16.2 Å². The summed E-state index contributed by atoms with van der Waals surface area (Å²) in [6, 6.07) is 1.43. The van der Waals surface area contributed by atoms with Crippen LogP contribution in [0.1, 0.15) is 0 Å². The lowest BCUT2D eigenvalue weighted by atomic mass is 10.5. The van der Waals surface area contributed by atoms with E-state index < -0.39 is 0 Å². The lowest BCUT2D eigenvalue weighted by Gasteiger charge is -2.03. The first-order valence-electron chi connectivity index (χ1n) is 3.99. The second kappa shape index (κ2) is 5.12. The van der Waals surface area contributed by atoms with Crippen LogP contribution in [-0.2, 0) is 6.54 Å². The number of terminal acetylenes is 1. The van der Waals surface area contributed by atoms with Gasteiger partial charge in [-0.25, -0.2) is 4.98 Å². The van der Waals surface area contributed by atoms with Crippen LogP contribution >= 0.6 is 0 Å². The molecule has 0 atom stereocenters. The molecule has 0 aliphatic rings. The van der Waals surface area contributed by atoms with E-state index >= 15 is 0 Å². The minimum absolute atomic E-state index is 0.0440. The highest BCUT2D eigenvalue weighted by molar-refractivity contribution is 4.86. The van der Waals surface area contributed by atoms with Gasteiger partial charge < -0.3 is 5.32 Å². The summed E-state index contributed by atoms with van der Waals surface area (Å²) in [5, 5.41) is 2.99. The largest absolute Gasteiger partial charge is 0.304 e. The molecular weight excluding hydrogens is 166 g/mol. The summed E-state index contributed by atoms with van der Waals surface area (Å²) in [5.41, 5.74) is -0.0440. The van der Waals surface area contributed by atoms with Gasteiger partial charge >= 0.3 is 0 Å². The molecule has 0 amide bonds. The Morgan fingerprint density at radius 3 is 3.23 bits per heavy atom. The van der Waals surface area contributed by atoms with Gasteiger partial charge in [-0.1, -0.05) is 5.92 Å². The molecule has 1 N–H and O–H groups in total. The third kappa shape index (κ3) is 3.09. The maximum Gasteiger partial charge on any atom is 0.253 e. The Bertz CT molecular complexity index is 350. The molecule has 0 unspecified atom stereocenters. The zero-order valence-corrected chi connectivity index (χ0v) is 7.23. The molecule has 0 spiro atoms. The Kier molecular flexibility index (Phi) is 3.74. The van der Waals surface area contributed by atoms with E-state index in [1.807, 2.05) is 0 Å². The summed E-state index contributed by atoms with van der Waals surface area (Å²) in [6.07, 6.45) is 8.04. The number of aromatic nitrogens is 2. The Balaban J connectivity index is 2.42.